The summed E-state index contributed by atoms with van der Waals surface area (Å²) in [6.45, 7) is 1.75. The molecule has 2 aromatic carbocycles. The van der Waals surface area contributed by atoms with Gasteiger partial charge in [0.05, 0.1) is 21.9 Å². The number of carbonyl (C=O) groups excluding carboxylic acids is 2. The highest BCUT2D eigenvalue weighted by Crippen LogP contribution is 2.22. The van der Waals surface area contributed by atoms with Crippen LogP contribution < -0.4 is 10.7 Å². The fourth-order valence-electron chi connectivity index (χ4n) is 2.45. The third-order valence-corrected chi connectivity index (χ3v) is 4.51. The number of amides is 2. The number of hydrazone groups is 1. The van der Waals surface area contributed by atoms with Crippen molar-refractivity contribution in [1.29, 1.82) is 0 Å². The Morgan fingerprint density at radius 3 is 2.48 bits per heavy atom. The lowest BCUT2D eigenvalue weighted by Crippen LogP contribution is -2.19. The van der Waals surface area contributed by atoms with Gasteiger partial charge in [-0.15, -0.1) is 0 Å². The normalized spacial score (nSPS) is 11.1. The third kappa shape index (κ3) is 5.40. The Bertz CT molecular complexity index is 1090. The molecular formula is C21H16Cl2N4O2. The molecule has 2 amide bonds. The molecule has 0 bridgehead atoms. The maximum Gasteiger partial charge on any atom is 0.272 e. The second-order valence-electron chi connectivity index (χ2n) is 6.04. The van der Waals surface area contributed by atoms with Crippen LogP contribution in [0.15, 0.2) is 72.1 Å². The molecule has 8 heteroatoms. The van der Waals surface area contributed by atoms with Crippen molar-refractivity contribution in [3.8, 4) is 0 Å². The number of hydrogen-bond donors (Lipinski definition) is 2. The molecule has 29 heavy (non-hydrogen) atoms. The molecule has 146 valence electrons. The Balaban J connectivity index is 1.71. The largest absolute Gasteiger partial charge is 0.322 e. The molecule has 0 saturated carbocycles. The minimum Gasteiger partial charge on any atom is -0.322 e. The van der Waals surface area contributed by atoms with Crippen LogP contribution in [-0.2, 0) is 0 Å². The van der Waals surface area contributed by atoms with Crippen molar-refractivity contribution in [3.63, 3.8) is 0 Å². The molecule has 0 aliphatic heterocycles. The van der Waals surface area contributed by atoms with Gasteiger partial charge in [0.2, 0.25) is 0 Å². The Labute approximate surface area is 177 Å². The molecule has 0 unspecified atom stereocenters. The van der Waals surface area contributed by atoms with E-state index < -0.39 is 0 Å². The van der Waals surface area contributed by atoms with E-state index in [4.69, 9.17) is 23.2 Å². The van der Waals surface area contributed by atoms with Crippen LogP contribution in [0, 0.1) is 0 Å². The topological polar surface area (TPSA) is 83.4 Å². The van der Waals surface area contributed by atoms with Crippen molar-refractivity contribution in [3.05, 3.63) is 93.7 Å². The first-order chi connectivity index (χ1) is 13.9. The lowest BCUT2D eigenvalue weighted by molar-refractivity contribution is 0.0953. The van der Waals surface area contributed by atoms with Gasteiger partial charge in [-0.25, -0.2) is 5.43 Å². The van der Waals surface area contributed by atoms with Crippen LogP contribution in [-0.4, -0.2) is 22.5 Å². The van der Waals surface area contributed by atoms with Crippen LogP contribution in [0.5, 0.6) is 0 Å². The Kier molecular flexibility index (Phi) is 6.59. The molecule has 6 nitrogen and oxygen atoms in total. The molecular weight excluding hydrogens is 411 g/mol. The van der Waals surface area contributed by atoms with Gasteiger partial charge in [-0.3, -0.25) is 14.6 Å². The van der Waals surface area contributed by atoms with Gasteiger partial charge in [-0.2, -0.15) is 5.10 Å². The Morgan fingerprint density at radius 1 is 0.966 bits per heavy atom. The first kappa shape index (κ1) is 20.5. The quantitative estimate of drug-likeness (QED) is 0.454. The summed E-state index contributed by atoms with van der Waals surface area (Å²) in [5, 5.41) is 7.62. The number of benzene rings is 2. The molecule has 0 atom stereocenters. The van der Waals surface area contributed by atoms with Gasteiger partial charge in [-0.05, 0) is 55.0 Å². The number of aromatic nitrogens is 1. The van der Waals surface area contributed by atoms with E-state index in [9.17, 15) is 9.59 Å². The lowest BCUT2D eigenvalue weighted by atomic mass is 10.1. The molecule has 0 aliphatic carbocycles. The fourth-order valence-corrected chi connectivity index (χ4v) is 2.95. The predicted molar refractivity (Wildman–Crippen MR) is 115 cm³/mol. The molecule has 0 aliphatic rings. The summed E-state index contributed by atoms with van der Waals surface area (Å²) in [5.74, 6) is -0.720. The fraction of sp³-hybridized carbons (Fsp3) is 0.0476. The van der Waals surface area contributed by atoms with Crippen molar-refractivity contribution >= 4 is 46.4 Å². The van der Waals surface area contributed by atoms with Crippen LogP contribution in [0.2, 0.25) is 10.0 Å². The van der Waals surface area contributed by atoms with Crippen molar-refractivity contribution < 1.29 is 9.59 Å². The van der Waals surface area contributed by atoms with Gasteiger partial charge >= 0.3 is 0 Å². The van der Waals surface area contributed by atoms with Crippen molar-refractivity contribution in [2.75, 3.05) is 5.32 Å². The van der Waals surface area contributed by atoms with E-state index in [1.165, 1.54) is 12.3 Å². The van der Waals surface area contributed by atoms with Crippen LogP contribution in [0.1, 0.15) is 33.2 Å². The summed E-state index contributed by atoms with van der Waals surface area (Å²) in [7, 11) is 0. The highest BCUT2D eigenvalue weighted by Gasteiger charge is 2.12. The maximum absolute atomic E-state index is 12.5. The van der Waals surface area contributed by atoms with Gasteiger partial charge in [0.1, 0.15) is 0 Å². The lowest BCUT2D eigenvalue weighted by Gasteiger charge is -2.09. The van der Waals surface area contributed by atoms with E-state index in [2.05, 4.69) is 20.8 Å². The number of carbonyl (C=O) groups is 2. The maximum atomic E-state index is 12.5. The van der Waals surface area contributed by atoms with E-state index >= 15 is 0 Å². The standard InChI is InChI=1S/C21H16Cl2N4O2/c1-13(26-27-20(28)15-5-3-9-24-12-15)14-4-2-6-17(10-14)25-21(29)18-8-7-16(22)11-19(18)23/h2-12H,1H3,(H,25,29)(H,27,28). The van der Waals surface area contributed by atoms with Crippen LogP contribution in [0.3, 0.4) is 0 Å². The summed E-state index contributed by atoms with van der Waals surface area (Å²) in [5.41, 5.74) is 5.08. The second kappa shape index (κ2) is 9.32. The third-order valence-electron chi connectivity index (χ3n) is 3.96. The van der Waals surface area contributed by atoms with E-state index in [1.54, 1.807) is 55.6 Å². The Hall–Kier alpha value is -3.22. The minimum atomic E-state index is -0.362. The first-order valence-corrected chi connectivity index (χ1v) is 9.31. The Morgan fingerprint density at radius 2 is 1.76 bits per heavy atom. The molecule has 0 radical (unpaired) electrons. The predicted octanol–water partition coefficient (Wildman–Crippen LogP) is 4.79. The van der Waals surface area contributed by atoms with Crippen LogP contribution >= 0.6 is 23.2 Å². The number of rotatable bonds is 5. The van der Waals surface area contributed by atoms with Gasteiger partial charge in [0.15, 0.2) is 0 Å². The molecule has 0 fully saturated rings. The number of nitrogens with one attached hydrogen (secondary N) is 2. The number of nitrogens with zero attached hydrogens (tertiary/aromatic N) is 2. The van der Waals surface area contributed by atoms with E-state index in [0.717, 1.165) is 5.56 Å². The highest BCUT2D eigenvalue weighted by molar-refractivity contribution is 6.37. The van der Waals surface area contributed by atoms with E-state index in [0.29, 0.717) is 27.5 Å². The van der Waals surface area contributed by atoms with Crippen molar-refractivity contribution in [2.45, 2.75) is 6.92 Å². The summed E-state index contributed by atoms with van der Waals surface area (Å²) in [6, 6.07) is 15.1. The zero-order valence-corrected chi connectivity index (χ0v) is 16.8. The SMILES string of the molecule is CC(=NNC(=O)c1cccnc1)c1cccc(NC(=O)c2ccc(Cl)cc2Cl)c1. The summed E-state index contributed by atoms with van der Waals surface area (Å²) in [4.78, 5) is 28.4. The van der Waals surface area contributed by atoms with Crippen molar-refractivity contribution in [2.24, 2.45) is 5.10 Å². The molecule has 0 spiro atoms. The van der Waals surface area contributed by atoms with Gasteiger partial charge < -0.3 is 5.32 Å². The highest BCUT2D eigenvalue weighted by atomic mass is 35.5. The summed E-state index contributed by atoms with van der Waals surface area (Å²) >= 11 is 12.0. The van der Waals surface area contributed by atoms with E-state index in [-0.39, 0.29) is 16.8 Å². The smallest absolute Gasteiger partial charge is 0.272 e. The first-order valence-electron chi connectivity index (χ1n) is 8.55. The van der Waals surface area contributed by atoms with Crippen molar-refractivity contribution in [1.82, 2.24) is 10.4 Å². The number of pyridine rings is 1. The van der Waals surface area contributed by atoms with Gasteiger partial charge in [0, 0.05) is 23.1 Å². The molecule has 1 heterocycles. The molecule has 0 saturated heterocycles. The monoisotopic (exact) mass is 426 g/mol. The zero-order valence-electron chi connectivity index (χ0n) is 15.3. The van der Waals surface area contributed by atoms with Crippen LogP contribution in [0.4, 0.5) is 5.69 Å². The van der Waals surface area contributed by atoms with E-state index in [1.807, 2.05) is 6.07 Å². The molecule has 3 aromatic rings. The molecule has 2 N–H and O–H groups in total. The average molecular weight is 427 g/mol. The average Bonchev–Trinajstić information content (AvgIpc) is 2.72. The second-order valence-corrected chi connectivity index (χ2v) is 6.88. The molecule has 1 aromatic heterocycles. The van der Waals surface area contributed by atoms with Crippen LogP contribution in [0.25, 0.3) is 0 Å². The number of halogens is 2. The molecule has 3 rings (SSSR count). The van der Waals surface area contributed by atoms with Gasteiger partial charge in [-0.1, -0.05) is 35.3 Å². The number of anilines is 1. The summed E-state index contributed by atoms with van der Waals surface area (Å²) in [6.07, 6.45) is 3.04. The zero-order chi connectivity index (χ0) is 20.8. The summed E-state index contributed by atoms with van der Waals surface area (Å²) < 4.78 is 0. The number of hydrogen-bond acceptors (Lipinski definition) is 4. The minimum absolute atomic E-state index is 0.266. The van der Waals surface area contributed by atoms with Gasteiger partial charge in [0.25, 0.3) is 11.8 Å².